The van der Waals surface area contributed by atoms with Crippen LogP contribution in [-0.4, -0.2) is 260 Å². The summed E-state index contributed by atoms with van der Waals surface area (Å²) in [6.45, 7) is 5.86. The van der Waals surface area contributed by atoms with E-state index in [9.17, 15) is 64.8 Å². The number of carboxylic acid groups (broad SMARTS) is 1. The van der Waals surface area contributed by atoms with E-state index in [1.54, 1.807) is 12.1 Å². The van der Waals surface area contributed by atoms with Crippen molar-refractivity contribution in [2.45, 2.75) is 103 Å². The second-order valence-electron chi connectivity index (χ2n) is 21.8. The predicted molar refractivity (Wildman–Crippen MR) is 362 cm³/mol. The number of sulfone groups is 2. The number of aryl methyl sites for hydroxylation is 2. The minimum Gasteiger partial charge on any atom is -0.480 e. The maximum atomic E-state index is 12.1. The van der Waals surface area contributed by atoms with Crippen molar-refractivity contribution in [2.24, 2.45) is 30.9 Å². The SMILES string of the molecule is CCc1ccc(C=O)cc1.CO.O=C(O)COCCOCCNC(=O)COCCOCCCCCC(=O)CCCS(=O)(=O)CC(=O)CC1=NN=NC1.O=Cc1ccc(CCC(=O)COCCOCCNC(=O)COCCOCCCC(=O)CCCS(=O)(=O)CC(=O)CC2=NN=NC2)cc1. The molecule has 99 heavy (non-hydrogen) atoms. The van der Waals surface area contributed by atoms with Gasteiger partial charge in [0.25, 0.3) is 0 Å². The van der Waals surface area contributed by atoms with Crippen LogP contribution in [0.3, 0.4) is 0 Å². The molecule has 0 bridgehead atoms. The molecule has 0 spiro atoms. The van der Waals surface area contributed by atoms with Gasteiger partial charge in [-0.3, -0.25) is 43.2 Å². The smallest absolute Gasteiger partial charge is 0.329 e. The first-order valence-corrected chi connectivity index (χ1v) is 36.1. The van der Waals surface area contributed by atoms with Crippen molar-refractivity contribution in [2.75, 3.05) is 162 Å². The summed E-state index contributed by atoms with van der Waals surface area (Å²) < 4.78 is 90.4. The largest absolute Gasteiger partial charge is 0.480 e. The van der Waals surface area contributed by atoms with Crippen LogP contribution in [0.25, 0.3) is 0 Å². The van der Waals surface area contributed by atoms with Crippen LogP contribution in [0, 0.1) is 0 Å². The van der Waals surface area contributed by atoms with Crippen LogP contribution >= 0.6 is 0 Å². The number of aliphatic carboxylic acids is 1. The standard InChI is InChI=1S/C31H44N4O11S.C24H40N4O11S.C9H10O.CH4O/c36-21-26-7-5-25(6-8-26)9-10-29(38)22-45-16-15-44-13-11-32-31(40)23-46-17-14-43-12-1-3-28(37)4-2-18-47(41,42)24-30(39)19-27-20-33-35-34-27;29-21(6-4-14-40(34,35)19-22(30)15-20-16-26-28-27-20)5-2-1-3-8-36-10-12-38-17-23(31)25-7-9-37-11-13-39-18-24(32)33;1-2-8-3-5-9(7-10)6-4-8;1-2/h5-8,21H,1-4,9-20,22-24H2,(H,32,40);1-19H2,(H,25,31)(H,32,33);3-7H,2H2,1H3;2H,1H3. The van der Waals surface area contributed by atoms with Gasteiger partial charge in [-0.25, -0.2) is 21.6 Å². The Labute approximate surface area is 578 Å². The lowest BCUT2D eigenvalue weighted by Crippen LogP contribution is -2.31. The van der Waals surface area contributed by atoms with E-state index in [0.29, 0.717) is 82.0 Å². The van der Waals surface area contributed by atoms with E-state index in [2.05, 4.69) is 48.4 Å². The number of unbranched alkanes of at least 4 members (excludes halogenated alkanes) is 2. The maximum Gasteiger partial charge on any atom is 0.329 e. The monoisotopic (exact) mass is 1440 g/mol. The normalized spacial score (nSPS) is 12.2. The Morgan fingerprint density at radius 3 is 1.26 bits per heavy atom. The molecule has 2 amide bonds. The summed E-state index contributed by atoms with van der Waals surface area (Å²) in [7, 11) is -6.16. The van der Waals surface area contributed by atoms with Crippen molar-refractivity contribution >= 4 is 90.4 Å². The van der Waals surface area contributed by atoms with Gasteiger partial charge in [-0.05, 0) is 66.5 Å². The Balaban J connectivity index is 0.000000853. The van der Waals surface area contributed by atoms with Crippen LogP contribution in [-0.2, 0) is 109 Å². The number of hydrogen-bond acceptors (Lipinski definition) is 29. The quantitative estimate of drug-likeness (QED) is 0.0543. The summed E-state index contributed by atoms with van der Waals surface area (Å²) in [6, 6.07) is 14.7. The highest BCUT2D eigenvalue weighted by atomic mass is 32.2. The van der Waals surface area contributed by atoms with E-state index < -0.39 is 48.7 Å². The fourth-order valence-corrected chi connectivity index (χ4v) is 10.9. The molecule has 554 valence electrons. The summed E-state index contributed by atoms with van der Waals surface area (Å²) in [5, 5.41) is 42.0. The molecule has 0 radical (unpaired) electrons. The van der Waals surface area contributed by atoms with E-state index >= 15 is 0 Å². The molecule has 2 aromatic rings. The van der Waals surface area contributed by atoms with Crippen molar-refractivity contribution in [3.05, 3.63) is 70.8 Å². The van der Waals surface area contributed by atoms with Gasteiger partial charge >= 0.3 is 5.97 Å². The number of aldehydes is 2. The Hall–Kier alpha value is -7.38. The van der Waals surface area contributed by atoms with E-state index in [0.717, 1.165) is 50.1 Å². The van der Waals surface area contributed by atoms with Crippen LogP contribution in [0.5, 0.6) is 0 Å². The maximum absolute atomic E-state index is 12.1. The lowest BCUT2D eigenvalue weighted by Gasteiger charge is -2.08. The third-order valence-electron chi connectivity index (χ3n) is 13.3. The molecule has 0 unspecified atom stereocenters. The second-order valence-corrected chi connectivity index (χ2v) is 26.2. The number of ether oxygens (including phenoxy) is 8. The number of aliphatic hydroxyl groups is 1. The third-order valence-corrected chi connectivity index (χ3v) is 16.6. The van der Waals surface area contributed by atoms with Crippen molar-refractivity contribution in [3.63, 3.8) is 0 Å². The van der Waals surface area contributed by atoms with Gasteiger partial charge in [0, 0.05) is 89.5 Å². The lowest BCUT2D eigenvalue weighted by molar-refractivity contribution is -0.143. The average molecular weight is 1440 g/mol. The molecule has 4 N–H and O–H groups in total. The molecule has 0 aromatic heterocycles. The molecule has 0 atom stereocenters. The zero-order chi connectivity index (χ0) is 73.0. The molecule has 4 rings (SSSR count). The summed E-state index contributed by atoms with van der Waals surface area (Å²) in [4.78, 5) is 114. The molecular formula is C65H98N8O24S2. The number of carbonyl (C=O) groups is 10. The summed E-state index contributed by atoms with van der Waals surface area (Å²) in [5.41, 5.74) is 4.48. The van der Waals surface area contributed by atoms with Gasteiger partial charge in [0.2, 0.25) is 11.8 Å². The Morgan fingerprint density at radius 1 is 0.444 bits per heavy atom. The topological polar surface area (TPSA) is 452 Å². The Kier molecular flexibility index (Phi) is 52.9. The molecule has 0 fully saturated rings. The van der Waals surface area contributed by atoms with Crippen molar-refractivity contribution in [1.29, 1.82) is 0 Å². The van der Waals surface area contributed by atoms with Crippen LogP contribution in [0.4, 0.5) is 0 Å². The Morgan fingerprint density at radius 2 is 0.838 bits per heavy atom. The van der Waals surface area contributed by atoms with Crippen LogP contribution < -0.4 is 10.6 Å². The van der Waals surface area contributed by atoms with Crippen LogP contribution in [0.15, 0.2) is 79.4 Å². The molecule has 34 heteroatoms. The molecule has 2 heterocycles. The fourth-order valence-electron chi connectivity index (χ4n) is 8.29. The highest BCUT2D eigenvalue weighted by molar-refractivity contribution is 7.92. The van der Waals surface area contributed by atoms with Gasteiger partial charge in [0.1, 0.15) is 75.2 Å². The van der Waals surface area contributed by atoms with Crippen molar-refractivity contribution < 1.29 is 113 Å². The number of nitrogens with one attached hydrogen (secondary N) is 2. The number of carboxylic acids is 1. The molecule has 0 aliphatic carbocycles. The van der Waals surface area contributed by atoms with E-state index in [4.69, 9.17) is 48.1 Å². The fraction of sp³-hybridized carbons (Fsp3) is 0.631. The number of amides is 2. The summed E-state index contributed by atoms with van der Waals surface area (Å²) in [6.07, 6.45) is 7.37. The second kappa shape index (κ2) is 58.4. The number of Topliss-reactive ketones (excluding diaryl/α,β-unsaturated/α-hetero) is 5. The number of ketones is 5. The van der Waals surface area contributed by atoms with Gasteiger partial charge in [-0.2, -0.15) is 10.2 Å². The van der Waals surface area contributed by atoms with E-state index in [-0.39, 0.29) is 185 Å². The number of benzene rings is 2. The zero-order valence-electron chi connectivity index (χ0n) is 56.7. The number of nitrogens with zero attached hydrogens (tertiary/aromatic N) is 6. The van der Waals surface area contributed by atoms with Gasteiger partial charge in [0.05, 0.1) is 89.0 Å². The minimum atomic E-state index is -3.60. The first-order chi connectivity index (χ1) is 47.7. The lowest BCUT2D eigenvalue weighted by atomic mass is 10.1. The molecule has 0 saturated carbocycles. The van der Waals surface area contributed by atoms with Crippen LogP contribution in [0.1, 0.15) is 122 Å². The minimum absolute atomic E-state index is 0.00138. The van der Waals surface area contributed by atoms with Crippen molar-refractivity contribution in [3.8, 4) is 0 Å². The van der Waals surface area contributed by atoms with Gasteiger partial charge in [-0.15, -0.1) is 10.2 Å². The van der Waals surface area contributed by atoms with Gasteiger partial charge < -0.3 is 58.7 Å². The number of hydrogen-bond donors (Lipinski definition) is 4. The number of rotatable bonds is 58. The van der Waals surface area contributed by atoms with E-state index in [1.807, 2.05) is 36.4 Å². The molecular weight excluding hydrogens is 1340 g/mol. The number of aliphatic hydroxyl groups excluding tert-OH is 1. The van der Waals surface area contributed by atoms with Gasteiger partial charge in [-0.1, -0.05) is 61.9 Å². The van der Waals surface area contributed by atoms with Crippen molar-refractivity contribution in [1.82, 2.24) is 10.6 Å². The highest BCUT2D eigenvalue weighted by Gasteiger charge is 2.21. The number of carbonyl (C=O) groups excluding carboxylic acids is 9. The first-order valence-electron chi connectivity index (χ1n) is 32.4. The highest BCUT2D eigenvalue weighted by Crippen LogP contribution is 2.11. The average Bonchev–Trinajstić information content (AvgIpc) is 1.97. The molecule has 32 nitrogen and oxygen atoms in total. The van der Waals surface area contributed by atoms with E-state index in [1.165, 1.54) is 5.56 Å². The Bertz CT molecular complexity index is 3060. The third kappa shape index (κ3) is 53.2. The molecule has 2 aromatic carbocycles. The van der Waals surface area contributed by atoms with Gasteiger partial charge in [0.15, 0.2) is 37.0 Å². The zero-order valence-corrected chi connectivity index (χ0v) is 58.4. The summed E-state index contributed by atoms with van der Waals surface area (Å²) in [5.74, 6) is -4.24. The predicted octanol–water partition coefficient (Wildman–Crippen LogP) is 3.54. The molecule has 2 aliphatic heterocycles. The van der Waals surface area contributed by atoms with Crippen LogP contribution in [0.2, 0.25) is 0 Å². The summed E-state index contributed by atoms with van der Waals surface area (Å²) >= 11 is 0. The first kappa shape index (κ1) is 89.6. The molecule has 0 saturated heterocycles. The molecule has 2 aliphatic rings.